The Morgan fingerprint density at radius 1 is 0.892 bits per heavy atom. The molecule has 37 heavy (non-hydrogen) atoms. The molecular formula is C26H30N4O7. The van der Waals surface area contributed by atoms with E-state index in [-0.39, 0.29) is 11.8 Å². The van der Waals surface area contributed by atoms with Crippen molar-refractivity contribution in [2.75, 3.05) is 0 Å². The van der Waals surface area contributed by atoms with Crippen molar-refractivity contribution in [3.8, 4) is 0 Å². The van der Waals surface area contributed by atoms with Gasteiger partial charge in [-0.15, -0.1) is 0 Å². The summed E-state index contributed by atoms with van der Waals surface area (Å²) in [6, 6.07) is 11.1. The molecule has 11 nitrogen and oxygen atoms in total. The van der Waals surface area contributed by atoms with Crippen LogP contribution >= 0.6 is 0 Å². The van der Waals surface area contributed by atoms with E-state index in [1.807, 2.05) is 0 Å². The minimum atomic E-state index is -1.59. The number of rotatable bonds is 10. The number of H-pyrrole nitrogens is 1. The van der Waals surface area contributed by atoms with Crippen LogP contribution in [0, 0.1) is 5.92 Å². The fourth-order valence-electron chi connectivity index (χ4n) is 4.01. The SMILES string of the molecule is CC(C)C(NC(=O)C(Cc1ccccc1)n1c(=O)[nH]c2ccccc2c1=O)C(=O)NC(C(=O)O)C(C)O. The molecule has 0 spiro atoms. The molecule has 0 bridgehead atoms. The van der Waals surface area contributed by atoms with Crippen LogP contribution in [0.4, 0.5) is 0 Å². The zero-order valence-electron chi connectivity index (χ0n) is 20.7. The molecule has 2 amide bonds. The first-order chi connectivity index (χ1) is 17.5. The first-order valence-corrected chi connectivity index (χ1v) is 11.8. The second-order valence-electron chi connectivity index (χ2n) is 9.15. The number of aliphatic hydroxyl groups excluding tert-OH is 1. The van der Waals surface area contributed by atoms with Crippen molar-refractivity contribution in [2.24, 2.45) is 5.92 Å². The number of aliphatic hydroxyl groups is 1. The highest BCUT2D eigenvalue weighted by Crippen LogP contribution is 2.15. The summed E-state index contributed by atoms with van der Waals surface area (Å²) in [5.41, 5.74) is -0.455. The van der Waals surface area contributed by atoms with Crippen molar-refractivity contribution in [3.63, 3.8) is 0 Å². The molecule has 0 radical (unpaired) electrons. The number of hydrogen-bond acceptors (Lipinski definition) is 6. The predicted molar refractivity (Wildman–Crippen MR) is 136 cm³/mol. The normalized spacial score (nSPS) is 14.5. The van der Waals surface area contributed by atoms with E-state index in [9.17, 15) is 34.2 Å². The van der Waals surface area contributed by atoms with Gasteiger partial charge in [0.25, 0.3) is 5.56 Å². The van der Waals surface area contributed by atoms with Crippen molar-refractivity contribution < 1.29 is 24.6 Å². The highest BCUT2D eigenvalue weighted by Gasteiger charge is 2.34. The Balaban J connectivity index is 2.02. The highest BCUT2D eigenvalue weighted by atomic mass is 16.4. The number of hydrogen-bond donors (Lipinski definition) is 5. The van der Waals surface area contributed by atoms with E-state index in [1.165, 1.54) is 13.0 Å². The first-order valence-electron chi connectivity index (χ1n) is 11.8. The van der Waals surface area contributed by atoms with Crippen molar-refractivity contribution >= 4 is 28.7 Å². The molecule has 2 aromatic carbocycles. The number of amides is 2. The first kappa shape index (κ1) is 27.3. The molecule has 1 heterocycles. The standard InChI is InChI=1S/C26H30N4O7/c1-14(2)20(23(33)29-21(15(3)31)25(35)36)28-22(32)19(13-16-9-5-4-6-10-16)30-24(34)17-11-7-8-12-18(17)27-26(30)37/h4-12,14-15,19-21,31H,13H2,1-3H3,(H,27,37)(H,28,32)(H,29,33)(H,35,36). The molecule has 1 aromatic heterocycles. The minimum Gasteiger partial charge on any atom is -0.480 e. The minimum absolute atomic E-state index is 0.0220. The molecule has 0 saturated heterocycles. The number of aliphatic carboxylic acids is 1. The van der Waals surface area contributed by atoms with E-state index in [2.05, 4.69) is 15.6 Å². The largest absolute Gasteiger partial charge is 0.480 e. The molecule has 4 atom stereocenters. The van der Waals surface area contributed by atoms with Gasteiger partial charge in [-0.3, -0.25) is 14.4 Å². The molecule has 4 unspecified atom stereocenters. The van der Waals surface area contributed by atoms with Gasteiger partial charge in [0.05, 0.1) is 17.0 Å². The van der Waals surface area contributed by atoms with Gasteiger partial charge in [-0.2, -0.15) is 0 Å². The smallest absolute Gasteiger partial charge is 0.329 e. The van der Waals surface area contributed by atoms with Crippen molar-refractivity contribution in [2.45, 2.75) is 51.4 Å². The molecular weight excluding hydrogens is 480 g/mol. The maximum absolute atomic E-state index is 13.6. The van der Waals surface area contributed by atoms with Gasteiger partial charge < -0.3 is 25.8 Å². The topological polar surface area (TPSA) is 171 Å². The van der Waals surface area contributed by atoms with Gasteiger partial charge in [0, 0.05) is 6.42 Å². The summed E-state index contributed by atoms with van der Waals surface area (Å²) >= 11 is 0. The fraction of sp³-hybridized carbons (Fsp3) is 0.346. The van der Waals surface area contributed by atoms with Gasteiger partial charge in [-0.25, -0.2) is 14.2 Å². The van der Waals surface area contributed by atoms with Crippen LogP contribution in [0.5, 0.6) is 0 Å². The summed E-state index contributed by atoms with van der Waals surface area (Å²) in [5, 5.41) is 24.1. The van der Waals surface area contributed by atoms with Gasteiger partial charge in [0.1, 0.15) is 12.1 Å². The number of para-hydroxylation sites is 1. The van der Waals surface area contributed by atoms with Gasteiger partial charge in [-0.1, -0.05) is 56.3 Å². The second kappa shape index (κ2) is 11.7. The van der Waals surface area contributed by atoms with Crippen LogP contribution in [0.3, 0.4) is 0 Å². The average Bonchev–Trinajstić information content (AvgIpc) is 2.85. The van der Waals surface area contributed by atoms with E-state index in [0.29, 0.717) is 11.1 Å². The highest BCUT2D eigenvalue weighted by molar-refractivity contribution is 5.92. The Kier molecular flexibility index (Phi) is 8.61. The number of nitrogens with one attached hydrogen (secondary N) is 3. The summed E-state index contributed by atoms with van der Waals surface area (Å²) < 4.78 is 0.829. The van der Waals surface area contributed by atoms with Crippen LogP contribution in [0.2, 0.25) is 0 Å². The summed E-state index contributed by atoms with van der Waals surface area (Å²) in [6.07, 6.45) is -1.41. The lowest BCUT2D eigenvalue weighted by Crippen LogP contribution is -2.57. The number of aromatic amines is 1. The van der Waals surface area contributed by atoms with Crippen LogP contribution in [0.15, 0.2) is 64.2 Å². The lowest BCUT2D eigenvalue weighted by molar-refractivity contribution is -0.145. The summed E-state index contributed by atoms with van der Waals surface area (Å²) in [4.78, 5) is 66.9. The third-order valence-electron chi connectivity index (χ3n) is 6.02. The van der Waals surface area contributed by atoms with Gasteiger partial charge >= 0.3 is 11.7 Å². The van der Waals surface area contributed by atoms with Crippen LogP contribution in [0.25, 0.3) is 10.9 Å². The van der Waals surface area contributed by atoms with Gasteiger partial charge in [0.2, 0.25) is 11.8 Å². The molecule has 3 rings (SSSR count). The van der Waals surface area contributed by atoms with E-state index < -0.39 is 59.2 Å². The number of nitrogens with zero attached hydrogens (tertiary/aromatic N) is 1. The Morgan fingerprint density at radius 2 is 1.49 bits per heavy atom. The Hall–Kier alpha value is -4.25. The monoisotopic (exact) mass is 510 g/mol. The summed E-state index contributed by atoms with van der Waals surface area (Å²) in [5.74, 6) is -3.52. The number of carbonyl (C=O) groups excluding carboxylic acids is 2. The van der Waals surface area contributed by atoms with Crippen molar-refractivity contribution in [1.29, 1.82) is 0 Å². The van der Waals surface area contributed by atoms with Crippen molar-refractivity contribution in [1.82, 2.24) is 20.2 Å². The van der Waals surface area contributed by atoms with Crippen LogP contribution in [-0.2, 0) is 20.8 Å². The fourth-order valence-corrected chi connectivity index (χ4v) is 4.01. The van der Waals surface area contributed by atoms with Gasteiger partial charge in [0.15, 0.2) is 6.04 Å². The van der Waals surface area contributed by atoms with E-state index >= 15 is 0 Å². The lowest BCUT2D eigenvalue weighted by Gasteiger charge is -2.27. The van der Waals surface area contributed by atoms with E-state index in [4.69, 9.17) is 0 Å². The average molecular weight is 511 g/mol. The molecule has 0 aliphatic rings. The molecule has 5 N–H and O–H groups in total. The molecule has 11 heteroatoms. The predicted octanol–water partition coefficient (Wildman–Crippen LogP) is 0.565. The maximum atomic E-state index is 13.6. The third-order valence-corrected chi connectivity index (χ3v) is 6.02. The molecule has 0 aliphatic heterocycles. The summed E-state index contributed by atoms with van der Waals surface area (Å²) in [6.45, 7) is 4.50. The van der Waals surface area contributed by atoms with Gasteiger partial charge in [-0.05, 0) is 30.5 Å². The second-order valence-corrected chi connectivity index (χ2v) is 9.15. The van der Waals surface area contributed by atoms with E-state index in [1.54, 1.807) is 62.4 Å². The number of carbonyl (C=O) groups is 3. The molecule has 3 aromatic rings. The molecule has 0 aliphatic carbocycles. The molecule has 0 fully saturated rings. The van der Waals surface area contributed by atoms with Crippen LogP contribution in [-0.4, -0.2) is 55.7 Å². The Morgan fingerprint density at radius 3 is 2.08 bits per heavy atom. The molecule has 196 valence electrons. The lowest BCUT2D eigenvalue weighted by atomic mass is 10.00. The number of benzene rings is 2. The van der Waals surface area contributed by atoms with E-state index in [0.717, 1.165) is 4.57 Å². The number of carboxylic acids is 1. The quantitative estimate of drug-likeness (QED) is 0.265. The number of carboxylic acid groups (broad SMARTS) is 1. The number of aromatic nitrogens is 2. The Bertz CT molecular complexity index is 1400. The number of fused-ring (bicyclic) bond motifs is 1. The molecule has 0 saturated carbocycles. The Labute approximate surface area is 212 Å². The zero-order valence-corrected chi connectivity index (χ0v) is 20.7. The zero-order chi connectivity index (χ0) is 27.3. The summed E-state index contributed by atoms with van der Waals surface area (Å²) in [7, 11) is 0. The third kappa shape index (κ3) is 6.31. The van der Waals surface area contributed by atoms with Crippen LogP contribution < -0.4 is 21.9 Å². The van der Waals surface area contributed by atoms with Crippen molar-refractivity contribution in [3.05, 3.63) is 81.0 Å². The maximum Gasteiger partial charge on any atom is 0.329 e. The van der Waals surface area contributed by atoms with Crippen LogP contribution in [0.1, 0.15) is 32.4 Å².